The van der Waals surface area contributed by atoms with Crippen molar-refractivity contribution in [2.24, 2.45) is 0 Å². The fourth-order valence-corrected chi connectivity index (χ4v) is 2.13. The van der Waals surface area contributed by atoms with Crippen molar-refractivity contribution in [3.05, 3.63) is 65.7 Å². The fraction of sp³-hybridized carbons (Fsp3) is 0.235. The summed E-state index contributed by atoms with van der Waals surface area (Å²) in [5.74, 6) is 0.515. The molecule has 0 heterocycles. The third kappa shape index (κ3) is 3.25. The number of hydrogen-bond donors (Lipinski definition) is 0. The van der Waals surface area contributed by atoms with E-state index in [1.807, 2.05) is 42.5 Å². The molecule has 0 aliphatic carbocycles. The van der Waals surface area contributed by atoms with Gasteiger partial charge in [-0.15, -0.1) is 0 Å². The van der Waals surface area contributed by atoms with E-state index < -0.39 is 6.10 Å². The highest BCUT2D eigenvalue weighted by Crippen LogP contribution is 2.21. The summed E-state index contributed by atoms with van der Waals surface area (Å²) in [6, 6.07) is 17.0. The van der Waals surface area contributed by atoms with E-state index in [4.69, 9.17) is 9.47 Å². The Morgan fingerprint density at radius 2 is 1.65 bits per heavy atom. The summed E-state index contributed by atoms with van der Waals surface area (Å²) in [5, 5.41) is 0. The first-order valence-corrected chi connectivity index (χ1v) is 6.50. The van der Waals surface area contributed by atoms with Crippen molar-refractivity contribution < 1.29 is 14.3 Å². The van der Waals surface area contributed by atoms with Gasteiger partial charge in [-0.05, 0) is 17.7 Å². The molecule has 0 fully saturated rings. The molecule has 0 N–H and O–H groups in total. The highest BCUT2D eigenvalue weighted by molar-refractivity contribution is 6.02. The van der Waals surface area contributed by atoms with E-state index >= 15 is 0 Å². The first-order valence-electron chi connectivity index (χ1n) is 6.50. The number of rotatable bonds is 6. The molecule has 3 heteroatoms. The number of para-hydroxylation sites is 1. The van der Waals surface area contributed by atoms with Crippen LogP contribution in [0.3, 0.4) is 0 Å². The number of carbonyl (C=O) groups is 1. The fourth-order valence-electron chi connectivity index (χ4n) is 2.13. The molecule has 3 nitrogen and oxygen atoms in total. The van der Waals surface area contributed by atoms with Crippen molar-refractivity contribution in [3.63, 3.8) is 0 Å². The van der Waals surface area contributed by atoms with Gasteiger partial charge in [0.2, 0.25) is 0 Å². The van der Waals surface area contributed by atoms with Crippen LogP contribution in [0.4, 0.5) is 0 Å². The second kappa shape index (κ2) is 6.87. The second-order valence-electron chi connectivity index (χ2n) is 4.48. The summed E-state index contributed by atoms with van der Waals surface area (Å²) in [4.78, 5) is 12.6. The van der Waals surface area contributed by atoms with Gasteiger partial charge in [0.15, 0.2) is 5.78 Å². The Kier molecular flexibility index (Phi) is 4.91. The van der Waals surface area contributed by atoms with Crippen molar-refractivity contribution >= 4 is 5.78 Å². The zero-order valence-corrected chi connectivity index (χ0v) is 11.7. The predicted molar refractivity (Wildman–Crippen MR) is 78.3 cm³/mol. The minimum Gasteiger partial charge on any atom is -0.496 e. The number of ketones is 1. The van der Waals surface area contributed by atoms with E-state index in [1.165, 1.54) is 0 Å². The zero-order valence-electron chi connectivity index (χ0n) is 11.7. The normalized spacial score (nSPS) is 11.9. The van der Waals surface area contributed by atoms with Crippen LogP contribution in [-0.4, -0.2) is 26.1 Å². The largest absolute Gasteiger partial charge is 0.496 e. The number of methoxy groups -OCH3 is 2. The number of Topliss-reactive ketones (excluding diaryl/α,β-unsaturated/α-hetero) is 1. The summed E-state index contributed by atoms with van der Waals surface area (Å²) in [7, 11) is 3.12. The minimum atomic E-state index is -0.506. The lowest BCUT2D eigenvalue weighted by Gasteiger charge is -2.16. The van der Waals surface area contributed by atoms with E-state index in [1.54, 1.807) is 26.4 Å². The molecule has 0 spiro atoms. The molecule has 0 radical (unpaired) electrons. The van der Waals surface area contributed by atoms with E-state index in [0.717, 1.165) is 5.56 Å². The van der Waals surface area contributed by atoms with Gasteiger partial charge in [0, 0.05) is 13.5 Å². The minimum absolute atomic E-state index is 0.0613. The van der Waals surface area contributed by atoms with Gasteiger partial charge in [-0.25, -0.2) is 0 Å². The quantitative estimate of drug-likeness (QED) is 0.756. The molecule has 0 amide bonds. The van der Waals surface area contributed by atoms with Crippen LogP contribution < -0.4 is 4.74 Å². The van der Waals surface area contributed by atoms with Gasteiger partial charge in [-0.1, -0.05) is 42.5 Å². The molecule has 1 atom stereocenters. The standard InChI is InChI=1S/C17H18O3/c1-19-15-11-7-6-10-14(15)17(18)16(20-2)12-13-8-4-3-5-9-13/h3-11,16H,12H2,1-2H3/t16-/m0/s1. The van der Waals surface area contributed by atoms with E-state index in [0.29, 0.717) is 17.7 Å². The Labute approximate surface area is 119 Å². The van der Waals surface area contributed by atoms with Gasteiger partial charge in [0.25, 0.3) is 0 Å². The van der Waals surface area contributed by atoms with Crippen LogP contribution in [0.15, 0.2) is 54.6 Å². The van der Waals surface area contributed by atoms with Crippen LogP contribution in [0.1, 0.15) is 15.9 Å². The highest BCUT2D eigenvalue weighted by Gasteiger charge is 2.22. The topological polar surface area (TPSA) is 35.5 Å². The first kappa shape index (κ1) is 14.3. The Bertz CT molecular complexity index is 563. The van der Waals surface area contributed by atoms with Crippen molar-refractivity contribution in [1.82, 2.24) is 0 Å². The number of ether oxygens (including phenoxy) is 2. The summed E-state index contributed by atoms with van der Waals surface area (Å²) in [6.45, 7) is 0. The van der Waals surface area contributed by atoms with Crippen LogP contribution in [0.25, 0.3) is 0 Å². The second-order valence-corrected chi connectivity index (χ2v) is 4.48. The molecule has 0 bridgehead atoms. The summed E-state index contributed by atoms with van der Waals surface area (Å²) < 4.78 is 10.6. The molecule has 104 valence electrons. The molecule has 2 aromatic rings. The van der Waals surface area contributed by atoms with Crippen LogP contribution in [0, 0.1) is 0 Å². The van der Waals surface area contributed by atoms with Gasteiger partial charge in [0.05, 0.1) is 12.7 Å². The maximum atomic E-state index is 12.6. The molecule has 0 aliphatic rings. The van der Waals surface area contributed by atoms with Crippen LogP contribution in [0.5, 0.6) is 5.75 Å². The molecular formula is C17H18O3. The SMILES string of the molecule is COc1ccccc1C(=O)[C@H](Cc1ccccc1)OC. The number of carbonyl (C=O) groups excluding carboxylic acids is 1. The monoisotopic (exact) mass is 270 g/mol. The van der Waals surface area contributed by atoms with Crippen LogP contribution >= 0.6 is 0 Å². The molecule has 0 unspecified atom stereocenters. The smallest absolute Gasteiger partial charge is 0.195 e. The lowest BCUT2D eigenvalue weighted by molar-refractivity contribution is 0.0604. The molecular weight excluding hydrogens is 252 g/mol. The molecule has 0 saturated heterocycles. The third-order valence-electron chi connectivity index (χ3n) is 3.21. The van der Waals surface area contributed by atoms with Gasteiger partial charge in [-0.2, -0.15) is 0 Å². The average molecular weight is 270 g/mol. The average Bonchev–Trinajstić information content (AvgIpc) is 2.53. The maximum Gasteiger partial charge on any atom is 0.195 e. The van der Waals surface area contributed by atoms with Crippen molar-refractivity contribution in [3.8, 4) is 5.75 Å². The Morgan fingerprint density at radius 1 is 1.00 bits per heavy atom. The van der Waals surface area contributed by atoms with Crippen LogP contribution in [0.2, 0.25) is 0 Å². The molecule has 0 aromatic heterocycles. The van der Waals surface area contributed by atoms with Crippen molar-refractivity contribution in [2.75, 3.05) is 14.2 Å². The Balaban J connectivity index is 2.21. The lowest BCUT2D eigenvalue weighted by atomic mass is 9.99. The zero-order chi connectivity index (χ0) is 14.4. The van der Waals surface area contributed by atoms with E-state index in [-0.39, 0.29) is 5.78 Å². The third-order valence-corrected chi connectivity index (χ3v) is 3.21. The van der Waals surface area contributed by atoms with Gasteiger partial charge >= 0.3 is 0 Å². The molecule has 20 heavy (non-hydrogen) atoms. The summed E-state index contributed by atoms with van der Waals surface area (Å²) >= 11 is 0. The van der Waals surface area contributed by atoms with Gasteiger partial charge in [-0.3, -0.25) is 4.79 Å². The molecule has 0 saturated carbocycles. The van der Waals surface area contributed by atoms with Crippen molar-refractivity contribution in [1.29, 1.82) is 0 Å². The maximum absolute atomic E-state index is 12.6. The molecule has 0 aliphatic heterocycles. The number of benzene rings is 2. The lowest BCUT2D eigenvalue weighted by Crippen LogP contribution is -2.26. The highest BCUT2D eigenvalue weighted by atomic mass is 16.5. The van der Waals surface area contributed by atoms with E-state index in [2.05, 4.69) is 0 Å². The summed E-state index contributed by atoms with van der Waals surface area (Å²) in [5.41, 5.74) is 1.63. The van der Waals surface area contributed by atoms with Gasteiger partial charge in [0.1, 0.15) is 11.9 Å². The first-order chi connectivity index (χ1) is 9.76. The summed E-state index contributed by atoms with van der Waals surface area (Å²) in [6.07, 6.45) is 0.0440. The number of hydrogen-bond acceptors (Lipinski definition) is 3. The predicted octanol–water partition coefficient (Wildman–Crippen LogP) is 3.14. The van der Waals surface area contributed by atoms with E-state index in [9.17, 15) is 4.79 Å². The van der Waals surface area contributed by atoms with Crippen molar-refractivity contribution in [2.45, 2.75) is 12.5 Å². The Hall–Kier alpha value is -2.13. The molecule has 2 aromatic carbocycles. The Morgan fingerprint density at radius 3 is 2.30 bits per heavy atom. The van der Waals surface area contributed by atoms with Gasteiger partial charge < -0.3 is 9.47 Å². The van der Waals surface area contributed by atoms with Crippen LogP contribution in [-0.2, 0) is 11.2 Å². The molecule has 2 rings (SSSR count).